The first-order chi connectivity index (χ1) is 15.2. The molecule has 1 saturated carbocycles. The number of carbonyl (C=O) groups is 1. The lowest BCUT2D eigenvalue weighted by atomic mass is 9.83. The number of hydrazine groups is 1. The van der Waals surface area contributed by atoms with Crippen molar-refractivity contribution in [3.05, 3.63) is 42.1 Å². The molecule has 3 atom stereocenters. The Morgan fingerprint density at radius 3 is 2.90 bits per heavy atom. The number of ether oxygens (including phenoxy) is 1. The lowest BCUT2D eigenvalue weighted by Gasteiger charge is -2.31. The van der Waals surface area contributed by atoms with Gasteiger partial charge in [0.2, 0.25) is 0 Å². The second-order valence-electron chi connectivity index (χ2n) is 8.75. The molecule has 2 saturated heterocycles. The number of benzene rings is 1. The molecule has 0 bridgehead atoms. The Kier molecular flexibility index (Phi) is 6.11. The molecule has 1 amide bonds. The minimum Gasteiger partial charge on any atom is -0.381 e. The fourth-order valence-electron chi connectivity index (χ4n) is 4.83. The van der Waals surface area contributed by atoms with Gasteiger partial charge in [-0.2, -0.15) is 0 Å². The Morgan fingerprint density at radius 1 is 1.10 bits per heavy atom. The Labute approximate surface area is 182 Å². The molecule has 3 unspecified atom stereocenters. The molecule has 0 spiro atoms. The molecule has 3 heterocycles. The molecular formula is C23H30N6O2. The van der Waals surface area contributed by atoms with Crippen LogP contribution >= 0.6 is 0 Å². The summed E-state index contributed by atoms with van der Waals surface area (Å²) in [7, 11) is 0. The smallest absolute Gasteiger partial charge is 0.251 e. The standard InChI is InChI=1S/C23H30N6O2/c30-23(27-18-7-10-31-11-8-18)16-3-1-2-15(12-16)22-24-9-6-21(28-22)26-19-4-5-20-17(13-19)14-25-29-20/h1-3,6,9,12,17-20,25,29H,4-5,7-8,10-11,13-14H2,(H,27,30)(H,24,26,28). The molecule has 2 aliphatic heterocycles. The average molecular weight is 423 g/mol. The van der Waals surface area contributed by atoms with Gasteiger partial charge in [0.05, 0.1) is 0 Å². The lowest BCUT2D eigenvalue weighted by molar-refractivity contribution is 0.0696. The molecule has 164 valence electrons. The van der Waals surface area contributed by atoms with E-state index in [0.29, 0.717) is 42.6 Å². The minimum absolute atomic E-state index is 0.0569. The predicted molar refractivity (Wildman–Crippen MR) is 118 cm³/mol. The maximum absolute atomic E-state index is 12.7. The molecule has 5 rings (SSSR count). The van der Waals surface area contributed by atoms with Gasteiger partial charge in [0, 0.05) is 55.2 Å². The van der Waals surface area contributed by atoms with Crippen LogP contribution in [-0.4, -0.2) is 53.8 Å². The van der Waals surface area contributed by atoms with Gasteiger partial charge in [0.15, 0.2) is 5.82 Å². The van der Waals surface area contributed by atoms with Crippen molar-refractivity contribution in [2.24, 2.45) is 5.92 Å². The fourth-order valence-corrected chi connectivity index (χ4v) is 4.83. The van der Waals surface area contributed by atoms with Gasteiger partial charge in [-0.25, -0.2) is 9.97 Å². The largest absolute Gasteiger partial charge is 0.381 e. The molecule has 0 radical (unpaired) electrons. The highest BCUT2D eigenvalue weighted by molar-refractivity contribution is 5.95. The van der Waals surface area contributed by atoms with Gasteiger partial charge in [-0.1, -0.05) is 12.1 Å². The summed E-state index contributed by atoms with van der Waals surface area (Å²) in [5.74, 6) is 2.07. The first-order valence-electron chi connectivity index (χ1n) is 11.3. The maximum Gasteiger partial charge on any atom is 0.251 e. The van der Waals surface area contributed by atoms with E-state index in [1.807, 2.05) is 30.3 Å². The molecular weight excluding hydrogens is 392 g/mol. The van der Waals surface area contributed by atoms with Crippen molar-refractivity contribution < 1.29 is 9.53 Å². The first kappa shape index (κ1) is 20.4. The first-order valence-corrected chi connectivity index (χ1v) is 11.3. The van der Waals surface area contributed by atoms with Crippen molar-refractivity contribution in [2.45, 2.75) is 50.2 Å². The molecule has 1 aromatic carbocycles. The van der Waals surface area contributed by atoms with Crippen LogP contribution in [0.15, 0.2) is 36.5 Å². The van der Waals surface area contributed by atoms with Crippen LogP contribution in [0.4, 0.5) is 5.82 Å². The van der Waals surface area contributed by atoms with Gasteiger partial charge in [0.25, 0.3) is 5.91 Å². The van der Waals surface area contributed by atoms with Crippen LogP contribution in [0.2, 0.25) is 0 Å². The van der Waals surface area contributed by atoms with Gasteiger partial charge in [0.1, 0.15) is 5.82 Å². The van der Waals surface area contributed by atoms with Crippen molar-refractivity contribution >= 4 is 11.7 Å². The van der Waals surface area contributed by atoms with Crippen LogP contribution in [0.1, 0.15) is 42.5 Å². The van der Waals surface area contributed by atoms with Crippen LogP contribution in [0, 0.1) is 5.92 Å². The highest BCUT2D eigenvalue weighted by Gasteiger charge is 2.33. The number of amides is 1. The summed E-state index contributed by atoms with van der Waals surface area (Å²) in [4.78, 5) is 21.9. The number of nitrogens with zero attached hydrogens (tertiary/aromatic N) is 2. The van der Waals surface area contributed by atoms with Crippen LogP contribution in [0.3, 0.4) is 0 Å². The quantitative estimate of drug-likeness (QED) is 0.586. The zero-order valence-electron chi connectivity index (χ0n) is 17.6. The third-order valence-corrected chi connectivity index (χ3v) is 6.58. The molecule has 31 heavy (non-hydrogen) atoms. The third kappa shape index (κ3) is 4.87. The Bertz CT molecular complexity index is 916. The summed E-state index contributed by atoms with van der Waals surface area (Å²) in [5.41, 5.74) is 8.12. The third-order valence-electron chi connectivity index (χ3n) is 6.58. The number of hydrogen-bond donors (Lipinski definition) is 4. The molecule has 3 fully saturated rings. The highest BCUT2D eigenvalue weighted by atomic mass is 16.5. The van der Waals surface area contributed by atoms with E-state index in [1.165, 1.54) is 0 Å². The number of fused-ring (bicyclic) bond motifs is 1. The van der Waals surface area contributed by atoms with E-state index in [-0.39, 0.29) is 11.9 Å². The highest BCUT2D eigenvalue weighted by Crippen LogP contribution is 2.28. The number of carbonyl (C=O) groups excluding carboxylic acids is 1. The van der Waals surface area contributed by atoms with E-state index in [4.69, 9.17) is 9.72 Å². The van der Waals surface area contributed by atoms with Gasteiger partial charge in [-0.15, -0.1) is 0 Å². The SMILES string of the molecule is O=C(NC1CCOCC1)c1cccc(-c2nccc(NC3CCC4NNCC4C3)n2)c1. The monoisotopic (exact) mass is 422 g/mol. The molecule has 8 nitrogen and oxygen atoms in total. The number of aromatic nitrogens is 2. The zero-order chi connectivity index (χ0) is 21.0. The Morgan fingerprint density at radius 2 is 2.00 bits per heavy atom. The van der Waals surface area contributed by atoms with Gasteiger partial charge < -0.3 is 15.4 Å². The van der Waals surface area contributed by atoms with E-state index in [1.54, 1.807) is 6.20 Å². The summed E-state index contributed by atoms with van der Waals surface area (Å²) in [6.07, 6.45) is 6.92. The zero-order valence-corrected chi connectivity index (χ0v) is 17.6. The Hall–Kier alpha value is -2.55. The predicted octanol–water partition coefficient (Wildman–Crippen LogP) is 2.11. The van der Waals surface area contributed by atoms with Crippen molar-refractivity contribution in [1.29, 1.82) is 0 Å². The summed E-state index contributed by atoms with van der Waals surface area (Å²) < 4.78 is 5.37. The maximum atomic E-state index is 12.7. The van der Waals surface area contributed by atoms with E-state index in [2.05, 4.69) is 26.5 Å². The van der Waals surface area contributed by atoms with E-state index < -0.39 is 0 Å². The number of hydrogen-bond acceptors (Lipinski definition) is 7. The molecule has 8 heteroatoms. The minimum atomic E-state index is -0.0569. The van der Waals surface area contributed by atoms with Crippen molar-refractivity contribution in [3.63, 3.8) is 0 Å². The molecule has 1 aliphatic carbocycles. The fraction of sp³-hybridized carbons (Fsp3) is 0.522. The number of nitrogens with one attached hydrogen (secondary N) is 4. The van der Waals surface area contributed by atoms with Gasteiger partial charge in [-0.05, 0) is 56.2 Å². The average Bonchev–Trinajstić information content (AvgIpc) is 3.28. The number of anilines is 1. The lowest BCUT2D eigenvalue weighted by Crippen LogP contribution is -2.39. The van der Waals surface area contributed by atoms with E-state index in [0.717, 1.165) is 50.0 Å². The van der Waals surface area contributed by atoms with Crippen molar-refractivity contribution in [1.82, 2.24) is 26.1 Å². The van der Waals surface area contributed by atoms with E-state index in [9.17, 15) is 4.79 Å². The molecule has 3 aliphatic rings. The van der Waals surface area contributed by atoms with Crippen molar-refractivity contribution in [2.75, 3.05) is 25.1 Å². The van der Waals surface area contributed by atoms with Gasteiger partial charge >= 0.3 is 0 Å². The van der Waals surface area contributed by atoms with Crippen LogP contribution in [-0.2, 0) is 4.74 Å². The molecule has 4 N–H and O–H groups in total. The van der Waals surface area contributed by atoms with Crippen molar-refractivity contribution in [3.8, 4) is 11.4 Å². The molecule has 2 aromatic rings. The normalized spacial score (nSPS) is 26.3. The second kappa shape index (κ2) is 9.30. The van der Waals surface area contributed by atoms with Gasteiger partial charge in [-0.3, -0.25) is 15.6 Å². The molecule has 1 aromatic heterocycles. The number of rotatable bonds is 5. The topological polar surface area (TPSA) is 100 Å². The Balaban J connectivity index is 1.26. The van der Waals surface area contributed by atoms with Crippen LogP contribution in [0.25, 0.3) is 11.4 Å². The summed E-state index contributed by atoms with van der Waals surface area (Å²) in [6, 6.07) is 10.6. The summed E-state index contributed by atoms with van der Waals surface area (Å²) in [5, 5.41) is 6.71. The van der Waals surface area contributed by atoms with Crippen LogP contribution in [0.5, 0.6) is 0 Å². The second-order valence-corrected chi connectivity index (χ2v) is 8.75. The summed E-state index contributed by atoms with van der Waals surface area (Å²) >= 11 is 0. The van der Waals surface area contributed by atoms with E-state index >= 15 is 0 Å². The summed E-state index contributed by atoms with van der Waals surface area (Å²) in [6.45, 7) is 2.43. The van der Waals surface area contributed by atoms with Crippen LogP contribution < -0.4 is 21.5 Å².